The van der Waals surface area contributed by atoms with Gasteiger partial charge in [-0.2, -0.15) is 0 Å². The Morgan fingerprint density at radius 1 is 1.10 bits per heavy atom. The van der Waals surface area contributed by atoms with Crippen molar-refractivity contribution in [3.8, 4) is 0 Å². The summed E-state index contributed by atoms with van der Waals surface area (Å²) in [4.78, 5) is 4.60. The number of halogens is 1. The first-order valence-corrected chi connectivity index (χ1v) is 8.44. The molecule has 0 spiro atoms. The van der Waals surface area contributed by atoms with E-state index in [1.54, 1.807) is 11.3 Å². The molecule has 1 heterocycles. The molecule has 1 unspecified atom stereocenters. The van der Waals surface area contributed by atoms with Crippen LogP contribution in [0.3, 0.4) is 0 Å². The van der Waals surface area contributed by atoms with Crippen molar-refractivity contribution in [2.75, 3.05) is 0 Å². The van der Waals surface area contributed by atoms with Crippen LogP contribution in [0.15, 0.2) is 53.0 Å². The average Bonchev–Trinajstić information content (AvgIpc) is 2.82. The normalized spacial score (nSPS) is 14.2. The van der Waals surface area contributed by atoms with Crippen molar-refractivity contribution in [1.82, 2.24) is 4.98 Å². The number of fused-ring (bicyclic) bond motifs is 1. The largest absolute Gasteiger partial charge is 0.389 e. The molecule has 4 heteroatoms. The lowest BCUT2D eigenvalue weighted by atomic mass is 9.93. The van der Waals surface area contributed by atoms with Gasteiger partial charge in [-0.3, -0.25) is 0 Å². The number of aliphatic hydroxyl groups is 1. The summed E-state index contributed by atoms with van der Waals surface area (Å²) in [5.41, 5.74) is 1.35. The first-order valence-electron chi connectivity index (χ1n) is 6.83. The van der Waals surface area contributed by atoms with Crippen LogP contribution in [0.1, 0.15) is 17.5 Å². The van der Waals surface area contributed by atoms with Gasteiger partial charge < -0.3 is 5.11 Å². The van der Waals surface area contributed by atoms with Gasteiger partial charge in [-0.15, -0.1) is 11.3 Å². The van der Waals surface area contributed by atoms with Crippen molar-refractivity contribution in [3.05, 3.63) is 63.6 Å². The summed E-state index contributed by atoms with van der Waals surface area (Å²) in [5.74, 6) is 0. The summed E-state index contributed by atoms with van der Waals surface area (Å²) >= 11 is 5.09. The third kappa shape index (κ3) is 3.70. The predicted molar refractivity (Wildman–Crippen MR) is 91.8 cm³/mol. The first kappa shape index (κ1) is 14.7. The molecule has 0 aliphatic rings. The SMILES string of the molecule is CC(O)(Cc1ccc(Br)cc1)Cc1nc2ccccc2s1. The highest BCUT2D eigenvalue weighted by molar-refractivity contribution is 9.10. The second-order valence-corrected chi connectivity index (χ2v) is 7.58. The van der Waals surface area contributed by atoms with Crippen LogP contribution in [0.25, 0.3) is 10.2 Å². The van der Waals surface area contributed by atoms with Gasteiger partial charge in [0.2, 0.25) is 0 Å². The average molecular weight is 362 g/mol. The van der Waals surface area contributed by atoms with E-state index >= 15 is 0 Å². The third-order valence-corrected chi connectivity index (χ3v) is 4.93. The lowest BCUT2D eigenvalue weighted by molar-refractivity contribution is 0.0608. The molecule has 0 saturated heterocycles. The van der Waals surface area contributed by atoms with Gasteiger partial charge in [-0.25, -0.2) is 4.98 Å². The Labute approximate surface area is 136 Å². The minimum atomic E-state index is -0.790. The van der Waals surface area contributed by atoms with Crippen molar-refractivity contribution in [2.24, 2.45) is 0 Å². The molecule has 108 valence electrons. The molecule has 0 aliphatic carbocycles. The van der Waals surface area contributed by atoms with E-state index in [1.807, 2.05) is 49.4 Å². The highest BCUT2D eigenvalue weighted by Crippen LogP contribution is 2.26. The summed E-state index contributed by atoms with van der Waals surface area (Å²) in [7, 11) is 0. The molecule has 0 radical (unpaired) electrons. The van der Waals surface area contributed by atoms with E-state index in [9.17, 15) is 5.11 Å². The molecule has 2 nitrogen and oxygen atoms in total. The number of hydrogen-bond donors (Lipinski definition) is 1. The van der Waals surface area contributed by atoms with E-state index in [4.69, 9.17) is 0 Å². The van der Waals surface area contributed by atoms with Crippen LogP contribution < -0.4 is 0 Å². The molecule has 0 bridgehead atoms. The Morgan fingerprint density at radius 3 is 2.52 bits per heavy atom. The van der Waals surface area contributed by atoms with Crippen LogP contribution in [0.2, 0.25) is 0 Å². The molecule has 1 N–H and O–H groups in total. The van der Waals surface area contributed by atoms with Crippen LogP contribution in [-0.2, 0) is 12.8 Å². The molecule has 3 aromatic rings. The highest BCUT2D eigenvalue weighted by atomic mass is 79.9. The zero-order valence-electron chi connectivity index (χ0n) is 11.7. The molecule has 0 aliphatic heterocycles. The summed E-state index contributed by atoms with van der Waals surface area (Å²) in [5, 5.41) is 11.7. The number of rotatable bonds is 4. The standard InChI is InChI=1S/C17H16BrNOS/c1-17(20,10-12-6-8-13(18)9-7-12)11-16-19-14-4-2-3-5-15(14)21-16/h2-9,20H,10-11H2,1H3. The second-order valence-electron chi connectivity index (χ2n) is 5.55. The lowest BCUT2D eigenvalue weighted by Gasteiger charge is -2.22. The van der Waals surface area contributed by atoms with Crippen LogP contribution in [0.4, 0.5) is 0 Å². The first-order chi connectivity index (χ1) is 10.0. The molecule has 3 rings (SSSR count). The van der Waals surface area contributed by atoms with E-state index in [-0.39, 0.29) is 0 Å². The third-order valence-electron chi connectivity index (χ3n) is 3.37. The Balaban J connectivity index is 1.76. The monoisotopic (exact) mass is 361 g/mol. The molecule has 0 saturated carbocycles. The van der Waals surface area contributed by atoms with E-state index in [0.29, 0.717) is 12.8 Å². The summed E-state index contributed by atoms with van der Waals surface area (Å²) < 4.78 is 2.23. The topological polar surface area (TPSA) is 33.1 Å². The van der Waals surface area contributed by atoms with Crippen molar-refractivity contribution in [2.45, 2.75) is 25.4 Å². The molecule has 21 heavy (non-hydrogen) atoms. The van der Waals surface area contributed by atoms with Gasteiger partial charge in [0.25, 0.3) is 0 Å². The number of thiazole rings is 1. The Kier molecular flexibility index (Phi) is 4.11. The van der Waals surface area contributed by atoms with Gasteiger partial charge >= 0.3 is 0 Å². The Bertz CT molecular complexity index is 716. The predicted octanol–water partition coefficient (Wildman–Crippen LogP) is 4.60. The maximum Gasteiger partial charge on any atom is 0.0967 e. The quantitative estimate of drug-likeness (QED) is 0.736. The fraction of sp³-hybridized carbons (Fsp3) is 0.235. The zero-order chi connectivity index (χ0) is 14.9. The molecule has 1 atom stereocenters. The van der Waals surface area contributed by atoms with Crippen LogP contribution in [-0.4, -0.2) is 15.7 Å². The Hall–Kier alpha value is -1.23. The minimum absolute atomic E-state index is 0.572. The fourth-order valence-corrected chi connectivity index (χ4v) is 3.84. The van der Waals surface area contributed by atoms with E-state index in [2.05, 4.69) is 27.0 Å². The number of aromatic nitrogens is 1. The van der Waals surface area contributed by atoms with Gasteiger partial charge in [0.05, 0.1) is 20.8 Å². The number of benzene rings is 2. The van der Waals surface area contributed by atoms with Crippen molar-refractivity contribution >= 4 is 37.5 Å². The van der Waals surface area contributed by atoms with Gasteiger partial charge in [0, 0.05) is 17.3 Å². The highest BCUT2D eigenvalue weighted by Gasteiger charge is 2.23. The smallest absolute Gasteiger partial charge is 0.0967 e. The van der Waals surface area contributed by atoms with E-state index in [0.717, 1.165) is 20.6 Å². The second kappa shape index (κ2) is 5.87. The van der Waals surface area contributed by atoms with Crippen molar-refractivity contribution in [3.63, 3.8) is 0 Å². The molecular weight excluding hydrogens is 346 g/mol. The molecule has 0 fully saturated rings. The van der Waals surface area contributed by atoms with Gasteiger partial charge in [0.15, 0.2) is 0 Å². The number of para-hydroxylation sites is 1. The summed E-state index contributed by atoms with van der Waals surface area (Å²) in [6, 6.07) is 16.2. The van der Waals surface area contributed by atoms with Crippen molar-refractivity contribution in [1.29, 1.82) is 0 Å². The maximum atomic E-state index is 10.7. The Morgan fingerprint density at radius 2 is 1.81 bits per heavy atom. The maximum absolute atomic E-state index is 10.7. The minimum Gasteiger partial charge on any atom is -0.389 e. The van der Waals surface area contributed by atoms with Gasteiger partial charge in [-0.05, 0) is 36.8 Å². The van der Waals surface area contributed by atoms with E-state index < -0.39 is 5.60 Å². The van der Waals surface area contributed by atoms with Gasteiger partial charge in [-0.1, -0.05) is 40.2 Å². The molecule has 0 amide bonds. The molecular formula is C17H16BrNOS. The van der Waals surface area contributed by atoms with Crippen LogP contribution in [0.5, 0.6) is 0 Å². The zero-order valence-corrected chi connectivity index (χ0v) is 14.1. The number of nitrogens with zero attached hydrogens (tertiary/aromatic N) is 1. The van der Waals surface area contributed by atoms with Crippen LogP contribution in [0, 0.1) is 0 Å². The summed E-state index contributed by atoms with van der Waals surface area (Å²) in [6.07, 6.45) is 1.19. The fourth-order valence-electron chi connectivity index (χ4n) is 2.43. The summed E-state index contributed by atoms with van der Waals surface area (Å²) in [6.45, 7) is 1.88. The van der Waals surface area contributed by atoms with Crippen molar-refractivity contribution < 1.29 is 5.11 Å². The van der Waals surface area contributed by atoms with Gasteiger partial charge in [0.1, 0.15) is 0 Å². The lowest BCUT2D eigenvalue weighted by Crippen LogP contribution is -2.30. The molecule has 1 aromatic heterocycles. The van der Waals surface area contributed by atoms with E-state index in [1.165, 1.54) is 4.70 Å². The number of hydrogen-bond acceptors (Lipinski definition) is 3. The molecule has 2 aromatic carbocycles. The van der Waals surface area contributed by atoms with Crippen LogP contribution >= 0.6 is 27.3 Å².